The number of carbonyl (C=O) groups excluding carboxylic acids is 1. The van der Waals surface area contributed by atoms with Crippen LogP contribution in [0.2, 0.25) is 0 Å². The molecule has 28 heavy (non-hydrogen) atoms. The van der Waals surface area contributed by atoms with Crippen LogP contribution >= 0.6 is 0 Å². The van der Waals surface area contributed by atoms with Crippen LogP contribution in [0.3, 0.4) is 0 Å². The first-order chi connectivity index (χ1) is 13.6. The Hall–Kier alpha value is -2.33. The highest BCUT2D eigenvalue weighted by Crippen LogP contribution is 2.31. The number of carbonyl (C=O) groups is 1. The Morgan fingerprint density at radius 1 is 1.00 bits per heavy atom. The maximum absolute atomic E-state index is 11.3. The van der Waals surface area contributed by atoms with E-state index in [9.17, 15) is 4.79 Å². The minimum absolute atomic E-state index is 0.267. The van der Waals surface area contributed by atoms with Crippen LogP contribution in [0.25, 0.3) is 0 Å². The molecule has 1 atom stereocenters. The van der Waals surface area contributed by atoms with E-state index in [1.165, 1.54) is 23.7 Å². The molecule has 4 heteroatoms. The van der Waals surface area contributed by atoms with Gasteiger partial charge in [0.15, 0.2) is 0 Å². The Labute approximate surface area is 169 Å². The van der Waals surface area contributed by atoms with Crippen molar-refractivity contribution in [2.45, 2.75) is 46.1 Å². The second-order valence-corrected chi connectivity index (χ2v) is 7.50. The first-order valence-electron chi connectivity index (χ1n) is 10.4. The molecular formula is C24H32N2O2. The number of rotatable bonds is 9. The molecule has 2 aromatic carbocycles. The maximum atomic E-state index is 11.3. The molecule has 0 amide bonds. The molecule has 0 radical (unpaired) electrons. The number of benzene rings is 2. The first kappa shape index (κ1) is 20.4. The Balaban J connectivity index is 1.72. The quantitative estimate of drug-likeness (QED) is 0.479. The average Bonchev–Trinajstić information content (AvgIpc) is 3.11. The Morgan fingerprint density at radius 3 is 2.39 bits per heavy atom. The van der Waals surface area contributed by atoms with Crippen molar-refractivity contribution in [1.29, 1.82) is 0 Å². The van der Waals surface area contributed by atoms with Crippen molar-refractivity contribution in [3.63, 3.8) is 0 Å². The number of hydrogen-bond donors (Lipinski definition) is 0. The number of fused-ring (bicyclic) bond motifs is 1. The number of esters is 1. The molecule has 1 aliphatic rings. The van der Waals surface area contributed by atoms with Gasteiger partial charge in [-0.3, -0.25) is 4.79 Å². The van der Waals surface area contributed by atoms with E-state index in [0.29, 0.717) is 11.8 Å². The van der Waals surface area contributed by atoms with E-state index in [0.717, 1.165) is 45.4 Å². The molecule has 0 bridgehead atoms. The fourth-order valence-electron chi connectivity index (χ4n) is 4.17. The average molecular weight is 381 g/mol. The first-order valence-corrected chi connectivity index (χ1v) is 10.4. The van der Waals surface area contributed by atoms with Crippen molar-refractivity contribution in [1.82, 2.24) is 4.90 Å². The van der Waals surface area contributed by atoms with Gasteiger partial charge in [0.05, 0.1) is 0 Å². The summed E-state index contributed by atoms with van der Waals surface area (Å²) >= 11 is 0. The molecule has 4 nitrogen and oxygen atoms in total. The van der Waals surface area contributed by atoms with E-state index in [1.807, 2.05) is 12.1 Å². The molecule has 0 heterocycles. The van der Waals surface area contributed by atoms with Crippen molar-refractivity contribution in [2.75, 3.05) is 31.1 Å². The van der Waals surface area contributed by atoms with Crippen molar-refractivity contribution >= 4 is 11.7 Å². The van der Waals surface area contributed by atoms with Gasteiger partial charge in [-0.2, -0.15) is 0 Å². The molecule has 150 valence electrons. The topological polar surface area (TPSA) is 32.8 Å². The normalized spacial score (nSPS) is 15.5. The highest BCUT2D eigenvalue weighted by atomic mass is 16.5. The van der Waals surface area contributed by atoms with Gasteiger partial charge in [-0.15, -0.1) is 0 Å². The van der Waals surface area contributed by atoms with E-state index in [2.05, 4.69) is 60.0 Å². The third-order valence-corrected chi connectivity index (χ3v) is 5.65. The van der Waals surface area contributed by atoms with E-state index in [1.54, 1.807) is 0 Å². The van der Waals surface area contributed by atoms with Crippen molar-refractivity contribution < 1.29 is 9.53 Å². The molecule has 2 aromatic rings. The van der Waals surface area contributed by atoms with Crippen LogP contribution in [0.1, 0.15) is 38.3 Å². The van der Waals surface area contributed by atoms with E-state index in [-0.39, 0.29) is 5.97 Å². The predicted octanol–water partition coefficient (Wildman–Crippen LogP) is 4.32. The number of para-hydroxylation sites is 1. The summed E-state index contributed by atoms with van der Waals surface area (Å²) in [6.45, 7) is 10.3. The lowest BCUT2D eigenvalue weighted by Crippen LogP contribution is -2.38. The molecule has 1 aliphatic carbocycles. The Kier molecular flexibility index (Phi) is 7.10. The molecule has 0 saturated carbocycles. The third-order valence-electron chi connectivity index (χ3n) is 5.65. The van der Waals surface area contributed by atoms with Gasteiger partial charge in [-0.1, -0.05) is 38.1 Å². The summed E-state index contributed by atoms with van der Waals surface area (Å²) in [7, 11) is 0. The van der Waals surface area contributed by atoms with Crippen LogP contribution < -0.4 is 9.64 Å². The summed E-state index contributed by atoms with van der Waals surface area (Å²) in [5, 5.41) is 0. The second-order valence-electron chi connectivity index (χ2n) is 7.50. The summed E-state index contributed by atoms with van der Waals surface area (Å²) in [6.07, 6.45) is 3.18. The fraction of sp³-hybridized carbons (Fsp3) is 0.458. The smallest absolute Gasteiger partial charge is 0.308 e. The largest absolute Gasteiger partial charge is 0.427 e. The molecule has 0 saturated heterocycles. The monoisotopic (exact) mass is 380 g/mol. The number of hydrogen-bond acceptors (Lipinski definition) is 4. The number of nitrogens with zero attached hydrogens (tertiary/aromatic N) is 2. The van der Waals surface area contributed by atoms with Crippen LogP contribution in [-0.4, -0.2) is 43.1 Å². The number of anilines is 1. The summed E-state index contributed by atoms with van der Waals surface area (Å²) in [4.78, 5) is 16.3. The SMILES string of the molecule is CCN(CC)CCCN(c1ccccc1)C1Cc2ccc(OC(C)=O)cc2C1. The van der Waals surface area contributed by atoms with E-state index >= 15 is 0 Å². The van der Waals surface area contributed by atoms with Crippen molar-refractivity contribution in [3.8, 4) is 5.75 Å². The van der Waals surface area contributed by atoms with Gasteiger partial charge < -0.3 is 14.5 Å². The van der Waals surface area contributed by atoms with Crippen LogP contribution in [0.4, 0.5) is 5.69 Å². The van der Waals surface area contributed by atoms with Crippen molar-refractivity contribution in [3.05, 3.63) is 59.7 Å². The van der Waals surface area contributed by atoms with Gasteiger partial charge >= 0.3 is 5.97 Å². The minimum atomic E-state index is -0.267. The van der Waals surface area contributed by atoms with Crippen LogP contribution in [-0.2, 0) is 17.6 Å². The molecule has 0 N–H and O–H groups in total. The summed E-state index contributed by atoms with van der Waals surface area (Å²) in [5.74, 6) is 0.386. The summed E-state index contributed by atoms with van der Waals surface area (Å²) in [6, 6.07) is 17.3. The zero-order chi connectivity index (χ0) is 19.9. The lowest BCUT2D eigenvalue weighted by Gasteiger charge is -2.32. The zero-order valence-corrected chi connectivity index (χ0v) is 17.4. The van der Waals surface area contributed by atoms with Gasteiger partial charge in [0.2, 0.25) is 0 Å². The lowest BCUT2D eigenvalue weighted by atomic mass is 10.1. The molecular weight excluding hydrogens is 348 g/mol. The van der Waals surface area contributed by atoms with Gasteiger partial charge in [-0.05, 0) is 74.3 Å². The Morgan fingerprint density at radius 2 is 1.71 bits per heavy atom. The summed E-state index contributed by atoms with van der Waals surface area (Å²) in [5.41, 5.74) is 3.96. The second kappa shape index (κ2) is 9.74. The van der Waals surface area contributed by atoms with Crippen LogP contribution in [0.5, 0.6) is 5.75 Å². The molecule has 0 fully saturated rings. The van der Waals surface area contributed by atoms with E-state index in [4.69, 9.17) is 4.74 Å². The molecule has 1 unspecified atom stereocenters. The molecule has 0 spiro atoms. The summed E-state index contributed by atoms with van der Waals surface area (Å²) < 4.78 is 5.28. The van der Waals surface area contributed by atoms with Gasteiger partial charge in [0.1, 0.15) is 5.75 Å². The Bertz CT molecular complexity index is 771. The molecule has 0 aromatic heterocycles. The van der Waals surface area contributed by atoms with Crippen LogP contribution in [0.15, 0.2) is 48.5 Å². The third kappa shape index (κ3) is 5.14. The predicted molar refractivity (Wildman–Crippen MR) is 115 cm³/mol. The van der Waals surface area contributed by atoms with Gasteiger partial charge in [0.25, 0.3) is 0 Å². The lowest BCUT2D eigenvalue weighted by molar-refractivity contribution is -0.131. The highest BCUT2D eigenvalue weighted by molar-refractivity contribution is 5.69. The van der Waals surface area contributed by atoms with Gasteiger partial charge in [-0.25, -0.2) is 0 Å². The number of ether oxygens (including phenoxy) is 1. The zero-order valence-electron chi connectivity index (χ0n) is 17.4. The fourth-order valence-corrected chi connectivity index (χ4v) is 4.17. The van der Waals surface area contributed by atoms with Crippen LogP contribution in [0, 0.1) is 0 Å². The maximum Gasteiger partial charge on any atom is 0.308 e. The minimum Gasteiger partial charge on any atom is -0.427 e. The van der Waals surface area contributed by atoms with Crippen molar-refractivity contribution in [2.24, 2.45) is 0 Å². The molecule has 3 rings (SSSR count). The van der Waals surface area contributed by atoms with Gasteiger partial charge in [0, 0.05) is 25.2 Å². The standard InChI is InChI=1S/C24H32N2O2/c1-4-25(5-2)14-9-15-26(22-10-7-6-8-11-22)23-16-20-12-13-24(28-19(3)27)18-21(20)17-23/h6-8,10-13,18,23H,4-5,9,14-17H2,1-3H3. The highest BCUT2D eigenvalue weighted by Gasteiger charge is 2.27. The van der Waals surface area contributed by atoms with E-state index < -0.39 is 0 Å². The molecule has 0 aliphatic heterocycles.